The number of hydrogen-bond acceptors (Lipinski definition) is 7. The van der Waals surface area contributed by atoms with Gasteiger partial charge in [-0.25, -0.2) is 13.2 Å². The lowest BCUT2D eigenvalue weighted by Gasteiger charge is -2.16. The Labute approximate surface area is 180 Å². The van der Waals surface area contributed by atoms with Gasteiger partial charge < -0.3 is 14.8 Å². The van der Waals surface area contributed by atoms with Gasteiger partial charge >= 0.3 is 11.9 Å². The number of ether oxygens (including phenoxy) is 2. The van der Waals surface area contributed by atoms with E-state index in [1.165, 1.54) is 19.2 Å². The number of carbonyl (C=O) groups is 3. The van der Waals surface area contributed by atoms with Crippen molar-refractivity contribution in [2.45, 2.75) is 24.3 Å². The minimum atomic E-state index is -3.89. The number of hydrogen-bond donors (Lipinski definition) is 2. The molecule has 0 heterocycles. The molecule has 2 aromatic carbocycles. The van der Waals surface area contributed by atoms with Crippen LogP contribution in [0.2, 0.25) is 0 Å². The van der Waals surface area contributed by atoms with E-state index in [2.05, 4.69) is 10.0 Å². The Kier molecular flexibility index (Phi) is 8.71. The average Bonchev–Trinajstić information content (AvgIpc) is 2.76. The molecule has 0 bridgehead atoms. The lowest BCUT2D eigenvalue weighted by atomic mass is 10.1. The van der Waals surface area contributed by atoms with E-state index in [1.807, 2.05) is 13.0 Å². The minimum Gasteiger partial charge on any atom is -0.467 e. The van der Waals surface area contributed by atoms with Gasteiger partial charge in [0.1, 0.15) is 12.6 Å². The molecule has 0 fully saturated rings. The topological polar surface area (TPSA) is 128 Å². The van der Waals surface area contributed by atoms with Crippen molar-refractivity contribution in [3.8, 4) is 0 Å². The number of benzene rings is 2. The van der Waals surface area contributed by atoms with Crippen LogP contribution in [0, 0.1) is 6.92 Å². The normalized spacial score (nSPS) is 11.9. The predicted octanol–water partition coefficient (Wildman–Crippen LogP) is 0.717. The molecule has 0 saturated heterocycles. The fourth-order valence-electron chi connectivity index (χ4n) is 2.57. The van der Waals surface area contributed by atoms with Gasteiger partial charge in [0, 0.05) is 6.42 Å². The lowest BCUT2D eigenvalue weighted by Crippen LogP contribution is -2.45. The van der Waals surface area contributed by atoms with E-state index in [-0.39, 0.29) is 11.3 Å². The molecule has 0 saturated carbocycles. The van der Waals surface area contributed by atoms with Crippen LogP contribution in [0.5, 0.6) is 0 Å². The zero-order chi connectivity index (χ0) is 22.9. The summed E-state index contributed by atoms with van der Waals surface area (Å²) in [6.07, 6.45) is 0.198. The number of nitrogens with one attached hydrogen (secondary N) is 2. The Bertz CT molecular complexity index is 1010. The van der Waals surface area contributed by atoms with Gasteiger partial charge in [-0.15, -0.1) is 0 Å². The third-order valence-electron chi connectivity index (χ3n) is 4.21. The molecule has 1 atom stereocenters. The first-order valence-electron chi connectivity index (χ1n) is 9.34. The van der Waals surface area contributed by atoms with Crippen molar-refractivity contribution >= 4 is 27.9 Å². The van der Waals surface area contributed by atoms with Gasteiger partial charge in [-0.1, -0.05) is 48.0 Å². The SMILES string of the molecule is COC(=O)C(Cc1ccccc1)NC(=O)COC(=O)CNS(=O)(=O)c1ccc(C)cc1. The van der Waals surface area contributed by atoms with Crippen molar-refractivity contribution in [2.24, 2.45) is 0 Å². The Morgan fingerprint density at radius 1 is 1.00 bits per heavy atom. The molecule has 0 aliphatic rings. The summed E-state index contributed by atoms with van der Waals surface area (Å²) in [5, 5.41) is 2.45. The minimum absolute atomic E-state index is 0.00507. The van der Waals surface area contributed by atoms with Crippen LogP contribution in [0.3, 0.4) is 0 Å². The molecule has 1 amide bonds. The van der Waals surface area contributed by atoms with Crippen LogP contribution in [-0.4, -0.2) is 52.6 Å². The molecule has 0 radical (unpaired) electrons. The number of rotatable bonds is 10. The van der Waals surface area contributed by atoms with Gasteiger partial charge in [0.15, 0.2) is 6.61 Å². The van der Waals surface area contributed by atoms with Crippen molar-refractivity contribution in [2.75, 3.05) is 20.3 Å². The maximum atomic E-state index is 12.2. The van der Waals surface area contributed by atoms with Gasteiger partial charge in [-0.2, -0.15) is 4.72 Å². The predicted molar refractivity (Wildman–Crippen MR) is 111 cm³/mol. The largest absolute Gasteiger partial charge is 0.467 e. The standard InChI is InChI=1S/C21H24N2O7S/c1-15-8-10-17(11-9-15)31(27,28)22-13-20(25)30-14-19(24)23-18(21(26)29-2)12-16-6-4-3-5-7-16/h3-11,18,22H,12-14H2,1-2H3,(H,23,24). The van der Waals surface area contributed by atoms with E-state index in [9.17, 15) is 22.8 Å². The van der Waals surface area contributed by atoms with E-state index >= 15 is 0 Å². The summed E-state index contributed by atoms with van der Waals surface area (Å²) < 4.78 is 35.9. The number of carbonyl (C=O) groups excluding carboxylic acids is 3. The maximum Gasteiger partial charge on any atom is 0.328 e. The third kappa shape index (κ3) is 7.83. The lowest BCUT2D eigenvalue weighted by molar-refractivity contribution is -0.149. The Morgan fingerprint density at radius 3 is 2.26 bits per heavy atom. The highest BCUT2D eigenvalue weighted by Gasteiger charge is 2.23. The van der Waals surface area contributed by atoms with E-state index < -0.39 is 47.1 Å². The fraction of sp³-hybridized carbons (Fsp3) is 0.286. The van der Waals surface area contributed by atoms with Crippen molar-refractivity contribution in [3.63, 3.8) is 0 Å². The zero-order valence-corrected chi connectivity index (χ0v) is 18.0. The Hall–Kier alpha value is -3.24. The molecule has 2 aromatic rings. The molecule has 0 aliphatic heterocycles. The molecule has 166 valence electrons. The first-order valence-corrected chi connectivity index (χ1v) is 10.8. The summed E-state index contributed by atoms with van der Waals surface area (Å²) in [5.41, 5.74) is 1.70. The van der Waals surface area contributed by atoms with E-state index in [4.69, 9.17) is 9.47 Å². The van der Waals surface area contributed by atoms with Crippen molar-refractivity contribution in [3.05, 3.63) is 65.7 Å². The van der Waals surface area contributed by atoms with E-state index in [0.717, 1.165) is 11.1 Å². The quantitative estimate of drug-likeness (QED) is 0.513. The highest BCUT2D eigenvalue weighted by molar-refractivity contribution is 7.89. The number of amides is 1. The molecule has 0 aliphatic carbocycles. The first kappa shape index (κ1) is 24.0. The summed E-state index contributed by atoms with van der Waals surface area (Å²) in [4.78, 5) is 35.9. The molecule has 2 rings (SSSR count). The Balaban J connectivity index is 1.83. The number of esters is 2. The smallest absolute Gasteiger partial charge is 0.328 e. The maximum absolute atomic E-state index is 12.2. The number of sulfonamides is 1. The van der Waals surface area contributed by atoms with Gasteiger partial charge in [0.25, 0.3) is 5.91 Å². The number of methoxy groups -OCH3 is 1. The Morgan fingerprint density at radius 2 is 1.65 bits per heavy atom. The molecular formula is C21H24N2O7S. The van der Waals surface area contributed by atoms with Crippen LogP contribution in [0.4, 0.5) is 0 Å². The summed E-state index contributed by atoms with van der Waals surface area (Å²) in [6.45, 7) is 0.498. The third-order valence-corrected chi connectivity index (χ3v) is 5.62. The van der Waals surface area contributed by atoms with E-state index in [1.54, 1.807) is 36.4 Å². The number of aryl methyl sites for hydroxylation is 1. The summed E-state index contributed by atoms with van der Waals surface area (Å²) >= 11 is 0. The monoisotopic (exact) mass is 448 g/mol. The second-order valence-corrected chi connectivity index (χ2v) is 8.40. The highest BCUT2D eigenvalue weighted by atomic mass is 32.2. The van der Waals surface area contributed by atoms with Crippen LogP contribution in [-0.2, 0) is 40.3 Å². The van der Waals surface area contributed by atoms with Gasteiger partial charge in [-0.05, 0) is 24.6 Å². The van der Waals surface area contributed by atoms with Crippen LogP contribution in [0.15, 0.2) is 59.5 Å². The van der Waals surface area contributed by atoms with Crippen molar-refractivity contribution < 1.29 is 32.3 Å². The van der Waals surface area contributed by atoms with Gasteiger partial charge in [-0.3, -0.25) is 9.59 Å². The summed E-state index contributed by atoms with van der Waals surface area (Å²) in [7, 11) is -2.69. The molecule has 31 heavy (non-hydrogen) atoms. The molecule has 10 heteroatoms. The summed E-state index contributed by atoms with van der Waals surface area (Å²) in [5.74, 6) is -2.31. The second kappa shape index (κ2) is 11.2. The van der Waals surface area contributed by atoms with Crippen molar-refractivity contribution in [1.29, 1.82) is 0 Å². The van der Waals surface area contributed by atoms with Crippen LogP contribution in [0.1, 0.15) is 11.1 Å². The van der Waals surface area contributed by atoms with Crippen LogP contribution < -0.4 is 10.0 Å². The zero-order valence-electron chi connectivity index (χ0n) is 17.2. The molecule has 0 aromatic heterocycles. The molecule has 9 nitrogen and oxygen atoms in total. The molecule has 0 spiro atoms. The molecular weight excluding hydrogens is 424 g/mol. The van der Waals surface area contributed by atoms with Crippen LogP contribution >= 0.6 is 0 Å². The fourth-order valence-corrected chi connectivity index (χ4v) is 3.54. The average molecular weight is 448 g/mol. The summed E-state index contributed by atoms with van der Waals surface area (Å²) in [6, 6.07) is 14.1. The second-order valence-electron chi connectivity index (χ2n) is 6.63. The van der Waals surface area contributed by atoms with Gasteiger partial charge in [0.05, 0.1) is 12.0 Å². The van der Waals surface area contributed by atoms with Gasteiger partial charge in [0.2, 0.25) is 10.0 Å². The molecule has 2 N–H and O–H groups in total. The highest BCUT2D eigenvalue weighted by Crippen LogP contribution is 2.09. The van der Waals surface area contributed by atoms with E-state index in [0.29, 0.717) is 0 Å². The van der Waals surface area contributed by atoms with Crippen molar-refractivity contribution in [1.82, 2.24) is 10.0 Å². The molecule has 1 unspecified atom stereocenters. The van der Waals surface area contributed by atoms with Crippen LogP contribution in [0.25, 0.3) is 0 Å². The first-order chi connectivity index (χ1) is 14.7.